The molecule has 0 spiro atoms. The molecule has 1 aromatic carbocycles. The summed E-state index contributed by atoms with van der Waals surface area (Å²) in [7, 11) is 0. The molecule has 2 heteroatoms. The van der Waals surface area contributed by atoms with Crippen LogP contribution in [0.25, 0.3) is 0 Å². The maximum atomic E-state index is 11.0. The molecule has 1 aliphatic rings. The van der Waals surface area contributed by atoms with E-state index in [0.717, 1.165) is 18.1 Å². The Bertz CT molecular complexity index is 408. The van der Waals surface area contributed by atoms with Crippen LogP contribution in [0, 0.1) is 5.92 Å². The molecule has 0 N–H and O–H groups in total. The largest absolute Gasteiger partial charge is 0.490 e. The van der Waals surface area contributed by atoms with Gasteiger partial charge < -0.3 is 9.53 Å². The van der Waals surface area contributed by atoms with E-state index in [9.17, 15) is 4.79 Å². The SMILES string of the molecule is CC(=O)CCc1ccc(OC2CCCC(C)C2)cc1. The topological polar surface area (TPSA) is 26.3 Å². The third-order valence-electron chi connectivity index (χ3n) is 3.88. The van der Waals surface area contributed by atoms with Crippen LogP contribution in [0.4, 0.5) is 0 Å². The molecule has 2 rings (SSSR count). The van der Waals surface area contributed by atoms with E-state index < -0.39 is 0 Å². The molecule has 0 aromatic heterocycles. The number of carbonyl (C=O) groups is 1. The van der Waals surface area contributed by atoms with E-state index in [1.54, 1.807) is 6.92 Å². The Morgan fingerprint density at radius 1 is 1.26 bits per heavy atom. The van der Waals surface area contributed by atoms with Gasteiger partial charge in [-0.1, -0.05) is 25.5 Å². The summed E-state index contributed by atoms with van der Waals surface area (Å²) in [6.45, 7) is 3.95. The van der Waals surface area contributed by atoms with Gasteiger partial charge in [0.2, 0.25) is 0 Å². The highest BCUT2D eigenvalue weighted by Gasteiger charge is 2.20. The van der Waals surface area contributed by atoms with Gasteiger partial charge in [-0.2, -0.15) is 0 Å². The van der Waals surface area contributed by atoms with Crippen molar-refractivity contribution in [3.05, 3.63) is 29.8 Å². The lowest BCUT2D eigenvalue weighted by Crippen LogP contribution is -2.24. The molecule has 0 radical (unpaired) electrons. The molecule has 1 saturated carbocycles. The van der Waals surface area contributed by atoms with Crippen LogP contribution in [-0.4, -0.2) is 11.9 Å². The van der Waals surface area contributed by atoms with Crippen LogP contribution in [-0.2, 0) is 11.2 Å². The Balaban J connectivity index is 1.85. The number of hydrogen-bond donors (Lipinski definition) is 0. The first-order valence-corrected chi connectivity index (χ1v) is 7.38. The fourth-order valence-corrected chi connectivity index (χ4v) is 2.73. The van der Waals surface area contributed by atoms with E-state index in [2.05, 4.69) is 19.1 Å². The highest BCUT2D eigenvalue weighted by atomic mass is 16.5. The van der Waals surface area contributed by atoms with Crippen molar-refractivity contribution in [2.75, 3.05) is 0 Å². The molecular weight excluding hydrogens is 236 g/mol. The zero-order chi connectivity index (χ0) is 13.7. The third kappa shape index (κ3) is 4.70. The molecule has 2 nitrogen and oxygen atoms in total. The Morgan fingerprint density at radius 2 is 2.00 bits per heavy atom. The first-order chi connectivity index (χ1) is 9.13. The van der Waals surface area contributed by atoms with E-state index in [-0.39, 0.29) is 5.78 Å². The van der Waals surface area contributed by atoms with Crippen molar-refractivity contribution in [2.24, 2.45) is 5.92 Å². The lowest BCUT2D eigenvalue weighted by molar-refractivity contribution is -0.116. The Morgan fingerprint density at radius 3 is 2.63 bits per heavy atom. The van der Waals surface area contributed by atoms with Crippen LogP contribution < -0.4 is 4.74 Å². The van der Waals surface area contributed by atoms with E-state index in [0.29, 0.717) is 12.5 Å². The second kappa shape index (κ2) is 6.74. The van der Waals surface area contributed by atoms with Crippen molar-refractivity contribution in [1.29, 1.82) is 0 Å². The molecule has 0 aliphatic heterocycles. The highest BCUT2D eigenvalue weighted by Crippen LogP contribution is 2.27. The van der Waals surface area contributed by atoms with Crippen LogP contribution in [0.1, 0.15) is 51.5 Å². The third-order valence-corrected chi connectivity index (χ3v) is 3.88. The Kier molecular flexibility index (Phi) is 5.00. The average molecular weight is 260 g/mol. The van der Waals surface area contributed by atoms with Crippen molar-refractivity contribution in [3.63, 3.8) is 0 Å². The smallest absolute Gasteiger partial charge is 0.130 e. The Labute approximate surface area is 116 Å². The van der Waals surface area contributed by atoms with Crippen molar-refractivity contribution in [3.8, 4) is 5.75 Å². The molecular formula is C17H24O2. The molecule has 0 bridgehead atoms. The minimum atomic E-state index is 0.247. The predicted molar refractivity (Wildman–Crippen MR) is 77.5 cm³/mol. The van der Waals surface area contributed by atoms with Gasteiger partial charge in [0.25, 0.3) is 0 Å². The van der Waals surface area contributed by atoms with E-state index >= 15 is 0 Å². The number of ether oxygens (including phenoxy) is 1. The number of carbonyl (C=O) groups excluding carboxylic acids is 1. The van der Waals surface area contributed by atoms with Gasteiger partial charge in [-0.05, 0) is 56.2 Å². The van der Waals surface area contributed by atoms with Crippen LogP contribution in [0.2, 0.25) is 0 Å². The van der Waals surface area contributed by atoms with Crippen LogP contribution in [0.15, 0.2) is 24.3 Å². The summed E-state index contributed by atoms with van der Waals surface area (Å²) in [5.41, 5.74) is 1.21. The maximum absolute atomic E-state index is 11.0. The number of Topliss-reactive ketones (excluding diaryl/α,β-unsaturated/α-hetero) is 1. The fraction of sp³-hybridized carbons (Fsp3) is 0.588. The summed E-state index contributed by atoms with van der Waals surface area (Å²) in [5, 5.41) is 0. The molecule has 0 amide bonds. The van der Waals surface area contributed by atoms with Gasteiger partial charge in [0.15, 0.2) is 0 Å². The van der Waals surface area contributed by atoms with Crippen LogP contribution in [0.5, 0.6) is 5.75 Å². The molecule has 2 atom stereocenters. The summed E-state index contributed by atoms with van der Waals surface area (Å²) in [4.78, 5) is 11.0. The number of hydrogen-bond acceptors (Lipinski definition) is 2. The second-order valence-corrected chi connectivity index (χ2v) is 5.86. The van der Waals surface area contributed by atoms with Gasteiger partial charge in [-0.3, -0.25) is 0 Å². The van der Waals surface area contributed by atoms with Crippen molar-refractivity contribution >= 4 is 5.78 Å². The summed E-state index contributed by atoms with van der Waals surface area (Å²) >= 11 is 0. The average Bonchev–Trinajstić information content (AvgIpc) is 2.38. The lowest BCUT2D eigenvalue weighted by Gasteiger charge is -2.27. The standard InChI is InChI=1S/C17H24O2/c1-13-4-3-5-17(12-13)19-16-10-8-15(9-11-16)7-6-14(2)18/h8-11,13,17H,3-7,12H2,1-2H3. The highest BCUT2D eigenvalue weighted by molar-refractivity contribution is 5.75. The van der Waals surface area contributed by atoms with Crippen molar-refractivity contribution in [2.45, 2.75) is 58.5 Å². The van der Waals surface area contributed by atoms with E-state index in [4.69, 9.17) is 4.74 Å². The lowest BCUT2D eigenvalue weighted by atomic mass is 9.89. The van der Waals surface area contributed by atoms with Gasteiger partial charge in [0, 0.05) is 6.42 Å². The van der Waals surface area contributed by atoms with E-state index in [1.165, 1.54) is 31.2 Å². The molecule has 1 fully saturated rings. The number of ketones is 1. The molecule has 1 aliphatic carbocycles. The fourth-order valence-electron chi connectivity index (χ4n) is 2.73. The van der Waals surface area contributed by atoms with Gasteiger partial charge in [0.05, 0.1) is 6.10 Å². The molecule has 2 unspecified atom stereocenters. The Hall–Kier alpha value is -1.31. The zero-order valence-electron chi connectivity index (χ0n) is 12.0. The van der Waals surface area contributed by atoms with Crippen molar-refractivity contribution < 1.29 is 9.53 Å². The molecule has 1 aromatic rings. The van der Waals surface area contributed by atoms with Gasteiger partial charge in [0.1, 0.15) is 11.5 Å². The minimum Gasteiger partial charge on any atom is -0.490 e. The van der Waals surface area contributed by atoms with Gasteiger partial charge in [-0.25, -0.2) is 0 Å². The molecule has 0 saturated heterocycles. The number of aryl methyl sites for hydroxylation is 1. The van der Waals surface area contributed by atoms with Gasteiger partial charge in [-0.15, -0.1) is 0 Å². The first kappa shape index (κ1) is 14.1. The maximum Gasteiger partial charge on any atom is 0.130 e. The van der Waals surface area contributed by atoms with Crippen LogP contribution >= 0.6 is 0 Å². The molecule has 104 valence electrons. The summed E-state index contributed by atoms with van der Waals surface area (Å²) in [6.07, 6.45) is 6.80. The normalized spacial score (nSPS) is 23.1. The second-order valence-electron chi connectivity index (χ2n) is 5.86. The van der Waals surface area contributed by atoms with Gasteiger partial charge >= 0.3 is 0 Å². The summed E-state index contributed by atoms with van der Waals surface area (Å²) < 4.78 is 6.04. The summed E-state index contributed by atoms with van der Waals surface area (Å²) in [5.74, 6) is 2.00. The summed E-state index contributed by atoms with van der Waals surface area (Å²) in [6, 6.07) is 8.22. The molecule has 19 heavy (non-hydrogen) atoms. The molecule has 0 heterocycles. The number of benzene rings is 1. The zero-order valence-corrected chi connectivity index (χ0v) is 12.0. The number of rotatable bonds is 5. The van der Waals surface area contributed by atoms with E-state index in [1.807, 2.05) is 12.1 Å². The monoisotopic (exact) mass is 260 g/mol. The van der Waals surface area contributed by atoms with Crippen LogP contribution in [0.3, 0.4) is 0 Å². The van der Waals surface area contributed by atoms with Crippen molar-refractivity contribution in [1.82, 2.24) is 0 Å². The quantitative estimate of drug-likeness (QED) is 0.794. The first-order valence-electron chi connectivity index (χ1n) is 7.38. The minimum absolute atomic E-state index is 0.247. The predicted octanol–water partition coefficient (Wildman–Crippen LogP) is 4.17.